The zero-order valence-corrected chi connectivity index (χ0v) is 39.8. The average molecular weight is 877 g/mol. The second kappa shape index (κ2) is 24.7. The first kappa shape index (κ1) is 51.7. The van der Waals surface area contributed by atoms with Crippen LogP contribution in [0.25, 0.3) is 11.1 Å². The molecule has 2 saturated heterocycles. The van der Waals surface area contributed by atoms with Gasteiger partial charge in [0.15, 0.2) is 0 Å². The van der Waals surface area contributed by atoms with Gasteiger partial charge in [-0.15, -0.1) is 0 Å². The van der Waals surface area contributed by atoms with Gasteiger partial charge in [0.05, 0.1) is 28.6 Å². The van der Waals surface area contributed by atoms with Gasteiger partial charge in [-0.1, -0.05) is 25.1 Å². The molecule has 0 radical (unpaired) electrons. The summed E-state index contributed by atoms with van der Waals surface area (Å²) in [6.07, 6.45) is 3.71. The fourth-order valence-corrected chi connectivity index (χ4v) is 6.44. The summed E-state index contributed by atoms with van der Waals surface area (Å²) in [6, 6.07) is 13.2. The molecule has 6 heterocycles. The zero-order chi connectivity index (χ0) is 39.0. The van der Waals surface area contributed by atoms with E-state index in [1.165, 1.54) is 75.3 Å². The first-order valence-electron chi connectivity index (χ1n) is 15.9. The molecule has 2 aromatic heterocycles. The summed E-state index contributed by atoms with van der Waals surface area (Å²) < 4.78 is 74.7. The van der Waals surface area contributed by atoms with Crippen molar-refractivity contribution < 1.29 is 108 Å². The van der Waals surface area contributed by atoms with Crippen LogP contribution < -0.4 is 67.0 Å². The monoisotopic (exact) mass is 876 g/mol. The number of hydrogen-bond acceptors (Lipinski definition) is 12. The molecule has 5 atom stereocenters. The molecule has 2 N–H and O–H groups in total. The van der Waals surface area contributed by atoms with Crippen molar-refractivity contribution in [2.24, 2.45) is 0 Å². The second-order valence-corrected chi connectivity index (χ2v) is 12.2. The molecular weight excluding hydrogens is 851 g/mol. The molecule has 2 aromatic carbocycles. The third-order valence-corrected chi connectivity index (χ3v) is 8.61. The van der Waals surface area contributed by atoms with Crippen molar-refractivity contribution in [3.63, 3.8) is 0 Å². The van der Waals surface area contributed by atoms with E-state index in [9.17, 15) is 17.6 Å². The van der Waals surface area contributed by atoms with Crippen LogP contribution in [0.1, 0.15) is 91.4 Å². The predicted molar refractivity (Wildman–Crippen MR) is 183 cm³/mol. The van der Waals surface area contributed by atoms with Crippen molar-refractivity contribution in [1.29, 1.82) is 10.5 Å². The van der Waals surface area contributed by atoms with E-state index in [0.29, 0.717) is 22.3 Å². The quantitative estimate of drug-likeness (QED) is 0.0979. The van der Waals surface area contributed by atoms with Gasteiger partial charge in [0.25, 0.3) is 0 Å². The Morgan fingerprint density at radius 3 is 1.75 bits per heavy atom. The van der Waals surface area contributed by atoms with E-state index in [0.717, 1.165) is 66.4 Å². The first-order chi connectivity index (χ1) is 25.3. The summed E-state index contributed by atoms with van der Waals surface area (Å²) in [5, 5.41) is 44.0. The van der Waals surface area contributed by atoms with E-state index in [4.69, 9.17) is 56.4 Å². The number of halogens is 5. The maximum absolute atomic E-state index is 14.1. The van der Waals surface area contributed by atoms with Crippen LogP contribution in [0, 0.1) is 45.9 Å². The van der Waals surface area contributed by atoms with Gasteiger partial charge < -0.3 is 29.7 Å². The normalized spacial score (nSPS) is 18.6. The van der Waals surface area contributed by atoms with E-state index in [1.54, 1.807) is 12.1 Å². The van der Waals surface area contributed by atoms with Crippen LogP contribution in [-0.2, 0) is 18.7 Å². The summed E-state index contributed by atoms with van der Waals surface area (Å²) in [4.78, 5) is 17.4. The van der Waals surface area contributed by atoms with Crippen LogP contribution in [0.2, 0.25) is 5.02 Å². The Hall–Kier alpha value is 0.524. The Kier molecular flexibility index (Phi) is 23.2. The first-order valence-corrected chi connectivity index (χ1v) is 33.4. The van der Waals surface area contributed by atoms with Crippen molar-refractivity contribution in [3.05, 3.63) is 111 Å². The topological polar surface area (TPSA) is 205 Å². The second-order valence-electron chi connectivity index (χ2n) is 11.2. The molecule has 4 bridgehead atoms. The number of benzene rings is 2. The Morgan fingerprint density at radius 1 is 0.818 bits per heavy atom. The van der Waals surface area contributed by atoms with Gasteiger partial charge in [0, 0.05) is 34.3 Å². The van der Waals surface area contributed by atoms with Crippen molar-refractivity contribution in [1.82, 2.24) is 9.97 Å². The minimum absolute atomic E-state index is 0. The molecule has 4 aliphatic rings. The van der Waals surface area contributed by atoms with E-state index in [2.05, 4.69) is 14.6 Å². The van der Waals surface area contributed by atoms with Gasteiger partial charge in [-0.25, -0.2) is 32.2 Å². The van der Waals surface area contributed by atoms with E-state index in [-0.39, 0.29) is 99.9 Å². The predicted octanol–water partition coefficient (Wildman–Crippen LogP) is 1.14. The molecule has 5 unspecified atom stereocenters. The number of nitriles is 2. The van der Waals surface area contributed by atoms with Gasteiger partial charge in [-0.3, -0.25) is 0 Å². The summed E-state index contributed by atoms with van der Waals surface area (Å²) in [5.41, 5.74) is 4.59. The average Bonchev–Trinajstić information content (AvgIpc) is 3.96. The Labute approximate surface area is 407 Å². The molecule has 0 amide bonds. The third kappa shape index (κ3) is 13.3. The van der Waals surface area contributed by atoms with Gasteiger partial charge in [0.2, 0.25) is 0 Å². The summed E-state index contributed by atoms with van der Waals surface area (Å²) in [5.74, 6) is -2.97. The van der Waals surface area contributed by atoms with Gasteiger partial charge in [-0.2, -0.15) is 10.5 Å². The van der Waals surface area contributed by atoms with E-state index in [1.807, 2.05) is 12.1 Å². The fourth-order valence-electron chi connectivity index (χ4n) is 6.12. The Morgan fingerprint density at radius 2 is 1.27 bits per heavy atom. The number of nitrogens with zero attached hydrogens (tertiary/aromatic N) is 4. The zero-order valence-electron chi connectivity index (χ0n) is 28.8. The maximum atomic E-state index is 14.1. The van der Waals surface area contributed by atoms with Crippen molar-refractivity contribution in [3.8, 4) is 23.3 Å². The van der Waals surface area contributed by atoms with Gasteiger partial charge >= 0.3 is 130 Å². The molecule has 0 saturated carbocycles. The SMILES string of the molecule is C.N#Cc1cc(-c2ccc(F)cc2F)c2c(n1)C1CCC2O1.N#Cc1cc(Cl)c2c(n1)C1CCC2O1.O=[P+]([O-])O[O-].OB(O)c1ccc(F)cc1F.[K+].[K][K]. The van der Waals surface area contributed by atoms with Crippen LogP contribution >= 0.6 is 19.9 Å². The van der Waals surface area contributed by atoms with Crippen LogP contribution in [-0.4, -0.2) is 90.3 Å². The van der Waals surface area contributed by atoms with Gasteiger partial charge in [0.1, 0.15) is 59.0 Å². The van der Waals surface area contributed by atoms with Crippen molar-refractivity contribution in [2.45, 2.75) is 57.5 Å². The minimum atomic E-state index is -3.15. The van der Waals surface area contributed by atoms with Crippen molar-refractivity contribution in [2.75, 3.05) is 0 Å². The van der Waals surface area contributed by atoms with Crippen LogP contribution in [0.3, 0.4) is 0 Å². The van der Waals surface area contributed by atoms with E-state index >= 15 is 0 Å². The molecule has 0 aliphatic carbocycles. The number of rotatable bonds is 3. The van der Waals surface area contributed by atoms with Crippen LogP contribution in [0.4, 0.5) is 17.6 Å². The van der Waals surface area contributed by atoms with Crippen molar-refractivity contribution >= 4 is 95.6 Å². The Bertz CT molecular complexity index is 2090. The molecule has 55 heavy (non-hydrogen) atoms. The number of pyridine rings is 2. The summed E-state index contributed by atoms with van der Waals surface area (Å²) in [6.45, 7) is 0. The molecule has 12 nitrogen and oxygen atoms in total. The van der Waals surface area contributed by atoms with Crippen LogP contribution in [0.15, 0.2) is 48.5 Å². The molecule has 272 valence electrons. The summed E-state index contributed by atoms with van der Waals surface area (Å²) >= 11 is 8.58. The molecular formula is C33H26BClF4K3N4O8P. The third-order valence-electron chi connectivity index (χ3n) is 8.17. The Balaban J connectivity index is 0.000000270. The molecule has 4 aliphatic heterocycles. The summed E-state index contributed by atoms with van der Waals surface area (Å²) in [7, 11) is -5.05. The van der Waals surface area contributed by atoms with Crippen LogP contribution in [0.5, 0.6) is 0 Å². The number of fused-ring (bicyclic) bond motifs is 10. The number of hydrogen-bond donors (Lipinski definition) is 2. The number of aromatic nitrogens is 2. The molecule has 22 heteroatoms. The van der Waals surface area contributed by atoms with E-state index < -0.39 is 38.6 Å². The fraction of sp³-hybridized carbons (Fsp3) is 0.273. The molecule has 8 rings (SSSR count). The van der Waals surface area contributed by atoms with Gasteiger partial charge in [-0.05, 0) is 66.1 Å². The molecule has 2 fully saturated rings. The standard InChI is InChI=1S/C16H10F2N2O.C10H7ClN2O.C6H5BF2O2.CH4.3K.HO4P/c17-8-1-2-10(12(18)5-8)11-6-9(7-19)20-16-14-4-3-13(21-14)15(11)16;11-6-3-5(4-12)13-10-8-2-1-7(14-8)9(6)10;8-4-1-2-5(7(10)11)6(9)3-4;;;;;1-4-5(2)3/h1-2,5-6,13-14H,3-4H2;3,7-8H,1-2H2;1-3,10-11H;1H4;;;;1H/q;;;;;;+1;/p-1. The molecule has 4 aromatic rings. The number of ether oxygens (including phenoxy) is 2. The molecule has 0 spiro atoms.